The maximum absolute atomic E-state index is 15.5. The van der Waals surface area contributed by atoms with E-state index in [4.69, 9.17) is 37.9 Å². The molecule has 350 valence electrons. The summed E-state index contributed by atoms with van der Waals surface area (Å²) in [5.41, 5.74) is -7.15. The number of alkyl carbamates (subject to hydrolysis) is 1. The van der Waals surface area contributed by atoms with Crippen molar-refractivity contribution in [2.45, 2.75) is 147 Å². The van der Waals surface area contributed by atoms with E-state index in [0.29, 0.717) is 11.1 Å². The number of aliphatic hydroxyl groups excluding tert-OH is 1. The average Bonchev–Trinajstić information content (AvgIpc) is 3.22. The highest BCUT2D eigenvalue weighted by molar-refractivity contribution is 5.94. The van der Waals surface area contributed by atoms with E-state index in [1.165, 1.54) is 40.2 Å². The van der Waals surface area contributed by atoms with E-state index >= 15 is 9.59 Å². The predicted molar refractivity (Wildman–Crippen MR) is 228 cm³/mol. The Morgan fingerprint density at radius 1 is 0.922 bits per heavy atom. The Hall–Kier alpha value is -4.71. The number of carbonyl (C=O) groups is 5. The number of ether oxygens (including phenoxy) is 8. The normalized spacial score (nSPS) is 31.9. The summed E-state index contributed by atoms with van der Waals surface area (Å²) in [4.78, 5) is 71.4. The van der Waals surface area contributed by atoms with Crippen LogP contribution in [0, 0.1) is 16.7 Å². The first-order valence-corrected chi connectivity index (χ1v) is 21.5. The molecule has 11 atom stereocenters. The van der Waals surface area contributed by atoms with Crippen LogP contribution in [-0.2, 0) is 52.3 Å². The molecule has 3 N–H and O–H groups in total. The van der Waals surface area contributed by atoms with E-state index in [1.54, 1.807) is 104 Å². The van der Waals surface area contributed by atoms with Crippen molar-refractivity contribution in [2.24, 2.45) is 16.7 Å². The minimum absolute atomic E-state index is 0.115. The molecule has 16 nitrogen and oxygen atoms in total. The van der Waals surface area contributed by atoms with Gasteiger partial charge in [0.15, 0.2) is 23.3 Å². The van der Waals surface area contributed by atoms with Gasteiger partial charge in [0.1, 0.15) is 35.6 Å². The monoisotopic (exact) mass is 893 g/mol. The van der Waals surface area contributed by atoms with E-state index in [9.17, 15) is 24.6 Å². The molecule has 0 aromatic heterocycles. The topological polar surface area (TPSA) is 212 Å². The summed E-state index contributed by atoms with van der Waals surface area (Å²) in [7, 11) is 2.70. The van der Waals surface area contributed by atoms with Crippen LogP contribution in [0.25, 0.3) is 0 Å². The molecule has 1 amide bonds. The van der Waals surface area contributed by atoms with Crippen molar-refractivity contribution in [1.29, 1.82) is 0 Å². The van der Waals surface area contributed by atoms with Crippen LogP contribution in [0.3, 0.4) is 0 Å². The second-order valence-electron chi connectivity index (χ2n) is 19.5. The SMILES string of the molecule is CO[C@H]1C(=O)[C@@]2(C)[C@H]([C@H](OC(=O)c3ccccc3)[C@]3(O)C[C@H](OC(=O)[C@@H](OC(C)(C)OC)[C@H](NC(=O)OC(C)(C)C)c4ccccc4)C(C)=C1C3(C)C)[C@]1(OC(C)=O)CO[C@@H]1C[C@@H]2O. The molecule has 2 aromatic carbocycles. The number of amides is 1. The number of rotatable bonds is 12. The number of hydrogen-bond acceptors (Lipinski definition) is 15. The highest BCUT2D eigenvalue weighted by Gasteiger charge is 2.78. The Labute approximate surface area is 374 Å². The lowest BCUT2D eigenvalue weighted by Gasteiger charge is -2.67. The summed E-state index contributed by atoms with van der Waals surface area (Å²) in [6, 6.07) is 15.4. The van der Waals surface area contributed by atoms with Gasteiger partial charge in [-0.25, -0.2) is 14.4 Å². The van der Waals surface area contributed by atoms with Crippen molar-refractivity contribution in [1.82, 2.24) is 5.32 Å². The fraction of sp³-hybridized carbons (Fsp3) is 0.604. The molecule has 0 unspecified atom stereocenters. The highest BCUT2D eigenvalue weighted by Crippen LogP contribution is 2.64. The first-order chi connectivity index (χ1) is 29.8. The van der Waals surface area contributed by atoms with Crippen LogP contribution >= 0.6 is 0 Å². The summed E-state index contributed by atoms with van der Waals surface area (Å²) in [6.45, 7) is 15.7. The zero-order valence-electron chi connectivity index (χ0n) is 38.7. The van der Waals surface area contributed by atoms with E-state index < -0.39 is 118 Å². The largest absolute Gasteiger partial charge is 0.456 e. The van der Waals surface area contributed by atoms with Crippen LogP contribution in [0.5, 0.6) is 0 Å². The third-order valence-corrected chi connectivity index (χ3v) is 13.7. The molecule has 1 aliphatic heterocycles. The number of Topliss-reactive ketones (excluding diaryl/α,β-unsaturated/α-hetero) is 1. The number of aliphatic hydroxyl groups is 2. The zero-order valence-corrected chi connectivity index (χ0v) is 38.7. The molecule has 3 aliphatic carbocycles. The Morgan fingerprint density at radius 3 is 2.06 bits per heavy atom. The molecular weight excluding hydrogens is 831 g/mol. The number of hydrogen-bond donors (Lipinski definition) is 3. The Morgan fingerprint density at radius 2 is 1.53 bits per heavy atom. The van der Waals surface area contributed by atoms with E-state index in [0.717, 1.165) is 0 Å². The summed E-state index contributed by atoms with van der Waals surface area (Å²) in [6.07, 6.45) is -10.0. The fourth-order valence-electron chi connectivity index (χ4n) is 10.2. The molecule has 0 spiro atoms. The van der Waals surface area contributed by atoms with Crippen molar-refractivity contribution in [2.75, 3.05) is 20.8 Å². The van der Waals surface area contributed by atoms with Crippen LogP contribution in [-0.4, -0.2) is 120 Å². The van der Waals surface area contributed by atoms with E-state index in [-0.39, 0.29) is 24.2 Å². The van der Waals surface area contributed by atoms with Crippen LogP contribution in [0.4, 0.5) is 4.79 Å². The molecule has 64 heavy (non-hydrogen) atoms. The van der Waals surface area contributed by atoms with Gasteiger partial charge in [-0.05, 0) is 77.3 Å². The summed E-state index contributed by atoms with van der Waals surface area (Å²) >= 11 is 0. The van der Waals surface area contributed by atoms with Gasteiger partial charge in [-0.3, -0.25) is 9.59 Å². The van der Waals surface area contributed by atoms with Gasteiger partial charge in [-0.2, -0.15) is 0 Å². The number of nitrogens with one attached hydrogen (secondary N) is 1. The number of ketones is 1. The Kier molecular flexibility index (Phi) is 13.4. The average molecular weight is 894 g/mol. The molecule has 16 heteroatoms. The molecule has 2 saturated carbocycles. The highest BCUT2D eigenvalue weighted by atomic mass is 16.7. The van der Waals surface area contributed by atoms with E-state index in [1.807, 2.05) is 0 Å². The smallest absolute Gasteiger partial charge is 0.408 e. The number of fused-ring (bicyclic) bond motifs is 5. The first kappa shape index (κ1) is 48.7. The van der Waals surface area contributed by atoms with Crippen molar-refractivity contribution >= 4 is 29.8 Å². The third kappa shape index (κ3) is 8.60. The van der Waals surface area contributed by atoms with Gasteiger partial charge in [0.2, 0.25) is 0 Å². The fourth-order valence-corrected chi connectivity index (χ4v) is 10.2. The van der Waals surface area contributed by atoms with Crippen molar-refractivity contribution in [3.8, 4) is 0 Å². The maximum Gasteiger partial charge on any atom is 0.408 e. The van der Waals surface area contributed by atoms with Gasteiger partial charge < -0.3 is 53.4 Å². The molecule has 2 bridgehead atoms. The molecule has 1 saturated heterocycles. The minimum Gasteiger partial charge on any atom is -0.456 e. The molecule has 2 aromatic rings. The molecule has 3 fully saturated rings. The third-order valence-electron chi connectivity index (χ3n) is 13.7. The maximum atomic E-state index is 15.5. The zero-order chi connectivity index (χ0) is 47.4. The number of esters is 3. The van der Waals surface area contributed by atoms with Crippen molar-refractivity contribution < 1.29 is 72.1 Å². The predicted octanol–water partition coefficient (Wildman–Crippen LogP) is 5.32. The lowest BCUT2D eigenvalue weighted by atomic mass is 9.44. The van der Waals surface area contributed by atoms with Gasteiger partial charge in [-0.1, -0.05) is 62.4 Å². The molecule has 0 radical (unpaired) electrons. The number of methoxy groups -OCH3 is 2. The molecule has 1 heterocycles. The number of benzene rings is 2. The Bertz CT molecular complexity index is 2130. The second-order valence-corrected chi connectivity index (χ2v) is 19.5. The second kappa shape index (κ2) is 17.6. The quantitative estimate of drug-likeness (QED) is 0.107. The summed E-state index contributed by atoms with van der Waals surface area (Å²) in [5.74, 6) is -6.12. The molecule has 6 rings (SSSR count). The van der Waals surface area contributed by atoms with Crippen molar-refractivity contribution in [3.63, 3.8) is 0 Å². The minimum atomic E-state index is -2.28. The molecular formula is C48H63NO15. The Balaban J connectivity index is 1.55. The van der Waals surface area contributed by atoms with Crippen LogP contribution in [0.15, 0.2) is 71.8 Å². The van der Waals surface area contributed by atoms with Gasteiger partial charge in [0.05, 0.1) is 35.6 Å². The van der Waals surface area contributed by atoms with Gasteiger partial charge >= 0.3 is 24.0 Å². The lowest BCUT2D eigenvalue weighted by Crippen LogP contribution is -2.81. The van der Waals surface area contributed by atoms with Gasteiger partial charge in [-0.15, -0.1) is 0 Å². The lowest BCUT2D eigenvalue weighted by molar-refractivity contribution is -0.346. The van der Waals surface area contributed by atoms with Crippen LogP contribution in [0.1, 0.15) is 104 Å². The van der Waals surface area contributed by atoms with E-state index in [2.05, 4.69) is 5.32 Å². The number of carbonyl (C=O) groups excluding carboxylic acids is 5. The first-order valence-electron chi connectivity index (χ1n) is 21.5. The van der Waals surface area contributed by atoms with Gasteiger partial charge in [0, 0.05) is 39.4 Å². The van der Waals surface area contributed by atoms with Crippen molar-refractivity contribution in [3.05, 3.63) is 82.9 Å². The molecule has 4 aliphatic rings. The standard InChI is InChI=1S/C48H63NO15/c1-26-30(60-41(54)36(63-45(8,9)58-12)34(28-19-15-13-16-20-28)49-42(55)64-43(3,4)5)24-48(56)39(61-40(53)29-21-17-14-18-22-29)37-46(10,38(52)35(57-11)33(26)44(48,6)7)31(51)23-32-47(37,25-59-32)62-27(2)50/h13-22,30-32,34-37,39,51,56H,23-25H2,1-12H3,(H,49,55)/t30-,31-,32+,34+,35+,36-,37-,39-,46+,47-,48+/m0/s1. The van der Waals surface area contributed by atoms with Crippen LogP contribution in [0.2, 0.25) is 0 Å². The summed E-state index contributed by atoms with van der Waals surface area (Å²) in [5, 5.41) is 28.7. The van der Waals surface area contributed by atoms with Gasteiger partial charge in [0.25, 0.3) is 0 Å². The summed E-state index contributed by atoms with van der Waals surface area (Å²) < 4.78 is 48.6. The van der Waals surface area contributed by atoms with Crippen LogP contribution < -0.4 is 5.32 Å².